The van der Waals surface area contributed by atoms with Gasteiger partial charge >= 0.3 is 0 Å². The van der Waals surface area contributed by atoms with Crippen LogP contribution in [-0.2, 0) is 11.2 Å². The summed E-state index contributed by atoms with van der Waals surface area (Å²) >= 11 is 2.20. The summed E-state index contributed by atoms with van der Waals surface area (Å²) in [4.78, 5) is 16.7. The number of halogens is 1. The summed E-state index contributed by atoms with van der Waals surface area (Å²) in [6.45, 7) is 0. The van der Waals surface area contributed by atoms with Crippen LogP contribution in [0.2, 0.25) is 0 Å². The molecule has 1 heterocycles. The maximum absolute atomic E-state index is 12.5. The van der Waals surface area contributed by atoms with Crippen molar-refractivity contribution in [1.82, 2.24) is 4.98 Å². The number of aryl methyl sites for hydroxylation is 1. The van der Waals surface area contributed by atoms with Crippen molar-refractivity contribution in [3.05, 3.63) is 57.3 Å². The monoisotopic (exact) mass is 378 g/mol. The van der Waals surface area contributed by atoms with E-state index >= 15 is 0 Å². The first-order valence-corrected chi connectivity index (χ1v) is 7.82. The normalized spacial score (nSPS) is 17.4. The zero-order chi connectivity index (χ0) is 13.9. The van der Waals surface area contributed by atoms with E-state index in [0.717, 1.165) is 22.8 Å². The number of fused-ring (bicyclic) bond motifs is 1. The molecule has 1 N–H and O–H groups in total. The molecule has 1 aromatic carbocycles. The summed E-state index contributed by atoms with van der Waals surface area (Å²) < 4.78 is 1.06. The van der Waals surface area contributed by atoms with Gasteiger partial charge in [-0.25, -0.2) is 4.98 Å². The van der Waals surface area contributed by atoms with E-state index in [1.165, 1.54) is 11.1 Å². The second kappa shape index (κ2) is 5.91. The fourth-order valence-corrected chi connectivity index (χ4v) is 3.01. The number of amides is 1. The maximum Gasteiger partial charge on any atom is 0.233 e. The first-order chi connectivity index (χ1) is 9.74. The van der Waals surface area contributed by atoms with Gasteiger partial charge in [0.1, 0.15) is 5.82 Å². The van der Waals surface area contributed by atoms with E-state index in [9.17, 15) is 4.79 Å². The molecule has 1 unspecified atom stereocenters. The number of rotatable bonds is 2. The van der Waals surface area contributed by atoms with Crippen LogP contribution in [0.25, 0.3) is 0 Å². The molecule has 0 radical (unpaired) electrons. The first kappa shape index (κ1) is 13.5. The van der Waals surface area contributed by atoms with Crippen molar-refractivity contribution in [2.24, 2.45) is 0 Å². The van der Waals surface area contributed by atoms with Gasteiger partial charge in [-0.15, -0.1) is 0 Å². The SMILES string of the molecule is O=C(Nc1ccc(I)cn1)C1CCCc2ccccc21. The van der Waals surface area contributed by atoms with Gasteiger partial charge in [0.2, 0.25) is 5.91 Å². The van der Waals surface area contributed by atoms with Crippen molar-refractivity contribution >= 4 is 34.3 Å². The summed E-state index contributed by atoms with van der Waals surface area (Å²) in [5.41, 5.74) is 2.47. The molecular formula is C16H15IN2O. The summed E-state index contributed by atoms with van der Waals surface area (Å²) in [5, 5.41) is 2.93. The average molecular weight is 378 g/mol. The number of nitrogens with zero attached hydrogens (tertiary/aromatic N) is 1. The zero-order valence-corrected chi connectivity index (χ0v) is 13.1. The van der Waals surface area contributed by atoms with E-state index in [2.05, 4.69) is 45.0 Å². The summed E-state index contributed by atoms with van der Waals surface area (Å²) in [7, 11) is 0. The minimum Gasteiger partial charge on any atom is -0.310 e. The Morgan fingerprint density at radius 3 is 2.90 bits per heavy atom. The molecule has 3 nitrogen and oxygen atoms in total. The number of carbonyl (C=O) groups is 1. The van der Waals surface area contributed by atoms with Gasteiger partial charge in [-0.1, -0.05) is 24.3 Å². The van der Waals surface area contributed by atoms with Crippen LogP contribution in [-0.4, -0.2) is 10.9 Å². The minimum atomic E-state index is -0.0546. The molecule has 1 aliphatic carbocycles. The number of carbonyl (C=O) groups excluding carboxylic acids is 1. The largest absolute Gasteiger partial charge is 0.310 e. The number of pyridine rings is 1. The van der Waals surface area contributed by atoms with Gasteiger partial charge < -0.3 is 5.32 Å². The van der Waals surface area contributed by atoms with E-state index in [4.69, 9.17) is 0 Å². The quantitative estimate of drug-likeness (QED) is 0.809. The number of hydrogen-bond donors (Lipinski definition) is 1. The van der Waals surface area contributed by atoms with Gasteiger partial charge in [0, 0.05) is 9.77 Å². The van der Waals surface area contributed by atoms with Crippen LogP contribution >= 0.6 is 22.6 Å². The predicted molar refractivity (Wildman–Crippen MR) is 87.7 cm³/mol. The highest BCUT2D eigenvalue weighted by Gasteiger charge is 2.26. The molecule has 20 heavy (non-hydrogen) atoms. The highest BCUT2D eigenvalue weighted by atomic mass is 127. The van der Waals surface area contributed by atoms with Gasteiger partial charge in [0.15, 0.2) is 0 Å². The fourth-order valence-electron chi connectivity index (χ4n) is 2.69. The molecule has 1 amide bonds. The Bertz CT molecular complexity index is 625. The standard InChI is InChI=1S/C16H15IN2O/c17-12-8-9-15(18-10-12)19-16(20)14-7-3-5-11-4-1-2-6-13(11)14/h1-2,4,6,8-10,14H,3,5,7H2,(H,18,19,20). The number of aromatic nitrogens is 1. The lowest BCUT2D eigenvalue weighted by Gasteiger charge is -2.24. The van der Waals surface area contributed by atoms with Crippen molar-refractivity contribution in [1.29, 1.82) is 0 Å². The molecule has 3 rings (SSSR count). The van der Waals surface area contributed by atoms with Crippen LogP contribution in [0, 0.1) is 3.57 Å². The van der Waals surface area contributed by atoms with Gasteiger partial charge in [-0.3, -0.25) is 4.79 Å². The summed E-state index contributed by atoms with van der Waals surface area (Å²) in [5.74, 6) is 0.616. The van der Waals surface area contributed by atoms with Crippen molar-refractivity contribution in [2.45, 2.75) is 25.2 Å². The highest BCUT2D eigenvalue weighted by Crippen LogP contribution is 2.32. The van der Waals surface area contributed by atoms with Crippen LogP contribution in [0.5, 0.6) is 0 Å². The zero-order valence-electron chi connectivity index (χ0n) is 11.0. The molecule has 0 aliphatic heterocycles. The number of anilines is 1. The lowest BCUT2D eigenvalue weighted by atomic mass is 9.82. The minimum absolute atomic E-state index is 0.0471. The van der Waals surface area contributed by atoms with Crippen molar-refractivity contribution in [2.75, 3.05) is 5.32 Å². The first-order valence-electron chi connectivity index (χ1n) is 6.74. The van der Waals surface area contributed by atoms with E-state index in [0.29, 0.717) is 5.82 Å². The van der Waals surface area contributed by atoms with Gasteiger partial charge in [-0.2, -0.15) is 0 Å². The summed E-state index contributed by atoms with van der Waals surface area (Å²) in [6.07, 6.45) is 4.80. The molecule has 0 bridgehead atoms. The van der Waals surface area contributed by atoms with Crippen LogP contribution < -0.4 is 5.32 Å². The van der Waals surface area contributed by atoms with Crippen LogP contribution in [0.1, 0.15) is 29.9 Å². The molecule has 102 valence electrons. The fraction of sp³-hybridized carbons (Fsp3) is 0.250. The van der Waals surface area contributed by atoms with Crippen molar-refractivity contribution < 1.29 is 4.79 Å². The van der Waals surface area contributed by atoms with Gasteiger partial charge in [0.05, 0.1) is 5.92 Å². The van der Waals surface area contributed by atoms with Crippen LogP contribution in [0.15, 0.2) is 42.6 Å². The number of nitrogens with one attached hydrogen (secondary N) is 1. The van der Waals surface area contributed by atoms with Crippen LogP contribution in [0.4, 0.5) is 5.82 Å². The van der Waals surface area contributed by atoms with E-state index in [1.807, 2.05) is 24.3 Å². The Kier molecular flexibility index (Phi) is 4.00. The van der Waals surface area contributed by atoms with Crippen molar-refractivity contribution in [3.8, 4) is 0 Å². The topological polar surface area (TPSA) is 42.0 Å². The third-order valence-corrected chi connectivity index (χ3v) is 4.30. The average Bonchev–Trinajstić information content (AvgIpc) is 2.49. The third kappa shape index (κ3) is 2.85. The lowest BCUT2D eigenvalue weighted by Crippen LogP contribution is -2.25. The Morgan fingerprint density at radius 2 is 2.10 bits per heavy atom. The highest BCUT2D eigenvalue weighted by molar-refractivity contribution is 14.1. The number of hydrogen-bond acceptors (Lipinski definition) is 2. The molecule has 0 fully saturated rings. The maximum atomic E-state index is 12.5. The van der Waals surface area contributed by atoms with Gasteiger partial charge in [0.25, 0.3) is 0 Å². The molecule has 2 aromatic rings. The van der Waals surface area contributed by atoms with E-state index in [1.54, 1.807) is 6.20 Å². The smallest absolute Gasteiger partial charge is 0.233 e. The molecule has 0 spiro atoms. The Labute approximate surface area is 132 Å². The predicted octanol–water partition coefficient (Wildman–Crippen LogP) is 3.74. The third-order valence-electron chi connectivity index (χ3n) is 3.66. The Hall–Kier alpha value is -1.43. The Morgan fingerprint density at radius 1 is 1.25 bits per heavy atom. The molecule has 4 heteroatoms. The number of benzene rings is 1. The van der Waals surface area contributed by atoms with Crippen LogP contribution in [0.3, 0.4) is 0 Å². The molecule has 0 saturated heterocycles. The molecule has 1 atom stereocenters. The second-order valence-electron chi connectivity index (χ2n) is 4.99. The van der Waals surface area contributed by atoms with Gasteiger partial charge in [-0.05, 0) is 65.1 Å². The lowest BCUT2D eigenvalue weighted by molar-refractivity contribution is -0.117. The molecule has 1 aliphatic rings. The Balaban J connectivity index is 1.80. The molecular weight excluding hydrogens is 363 g/mol. The van der Waals surface area contributed by atoms with E-state index in [-0.39, 0.29) is 11.8 Å². The molecule has 1 aromatic heterocycles. The van der Waals surface area contributed by atoms with Crippen molar-refractivity contribution in [3.63, 3.8) is 0 Å². The molecule has 0 saturated carbocycles. The summed E-state index contributed by atoms with van der Waals surface area (Å²) in [6, 6.07) is 12.0. The second-order valence-corrected chi connectivity index (χ2v) is 6.24. The van der Waals surface area contributed by atoms with E-state index < -0.39 is 0 Å².